The molecule has 1 aromatic heterocycles. The summed E-state index contributed by atoms with van der Waals surface area (Å²) >= 11 is 0. The van der Waals surface area contributed by atoms with E-state index in [0.29, 0.717) is 0 Å². The van der Waals surface area contributed by atoms with Crippen molar-refractivity contribution >= 4 is 29.1 Å². The van der Waals surface area contributed by atoms with Crippen molar-refractivity contribution in [3.63, 3.8) is 0 Å². The van der Waals surface area contributed by atoms with Crippen molar-refractivity contribution in [2.24, 2.45) is 7.05 Å². The minimum absolute atomic E-state index is 0.0686. The molecule has 0 fully saturated rings. The number of nitrogens with zero attached hydrogens (tertiary/aromatic N) is 2. The largest absolute Gasteiger partial charge is 0.405 e. The number of hydrogen-bond acceptors (Lipinski definition) is 4. The van der Waals surface area contributed by atoms with Crippen LogP contribution >= 0.6 is 0 Å². The van der Waals surface area contributed by atoms with E-state index in [1.807, 2.05) is 0 Å². The van der Waals surface area contributed by atoms with Crippen molar-refractivity contribution in [2.75, 3.05) is 17.2 Å². The lowest BCUT2D eigenvalue weighted by atomic mass is 10.1. The molecule has 34 heavy (non-hydrogen) atoms. The molecule has 12 heteroatoms. The average Bonchev–Trinajstić information content (AvgIpc) is 3.20. The quantitative estimate of drug-likeness (QED) is 0.471. The van der Waals surface area contributed by atoms with E-state index in [9.17, 15) is 31.9 Å². The summed E-state index contributed by atoms with van der Waals surface area (Å²) in [5, 5.41) is 10.6. The average molecular weight is 477 g/mol. The Morgan fingerprint density at radius 1 is 1.00 bits per heavy atom. The van der Waals surface area contributed by atoms with Gasteiger partial charge in [-0.05, 0) is 48.9 Å². The summed E-state index contributed by atoms with van der Waals surface area (Å²) in [7, 11) is 1.65. The summed E-state index contributed by atoms with van der Waals surface area (Å²) < 4.78 is 52.8. The number of aryl methyl sites for hydroxylation is 2. The van der Waals surface area contributed by atoms with Crippen molar-refractivity contribution in [3.8, 4) is 0 Å². The molecule has 0 spiro atoms. The van der Waals surface area contributed by atoms with Gasteiger partial charge in [-0.3, -0.25) is 19.1 Å². The monoisotopic (exact) mass is 477 g/mol. The predicted octanol–water partition coefficient (Wildman–Crippen LogP) is 3.66. The van der Waals surface area contributed by atoms with Crippen molar-refractivity contribution in [1.82, 2.24) is 15.1 Å². The molecule has 8 nitrogen and oxygen atoms in total. The third-order valence-corrected chi connectivity index (χ3v) is 4.57. The Kier molecular flexibility index (Phi) is 6.99. The second-order valence-electron chi connectivity index (χ2n) is 7.31. The van der Waals surface area contributed by atoms with E-state index in [0.717, 1.165) is 12.1 Å². The first-order chi connectivity index (χ1) is 15.9. The predicted molar refractivity (Wildman–Crippen MR) is 115 cm³/mol. The number of aromatic nitrogens is 2. The molecular formula is C22H19F4N5O3. The minimum Gasteiger partial charge on any atom is -0.343 e. The minimum atomic E-state index is -4.66. The van der Waals surface area contributed by atoms with Crippen LogP contribution in [0.25, 0.3) is 0 Å². The Morgan fingerprint density at radius 2 is 1.74 bits per heavy atom. The van der Waals surface area contributed by atoms with Gasteiger partial charge in [-0.25, -0.2) is 4.39 Å². The van der Waals surface area contributed by atoms with Crippen molar-refractivity contribution in [3.05, 3.63) is 76.9 Å². The highest BCUT2D eigenvalue weighted by atomic mass is 19.4. The highest BCUT2D eigenvalue weighted by molar-refractivity contribution is 6.10. The van der Waals surface area contributed by atoms with Gasteiger partial charge in [0.15, 0.2) is 5.69 Å². The molecule has 3 rings (SSSR count). The van der Waals surface area contributed by atoms with Crippen LogP contribution in [0.15, 0.2) is 48.7 Å². The molecule has 0 radical (unpaired) electrons. The van der Waals surface area contributed by atoms with Crippen LogP contribution in [-0.2, 0) is 7.05 Å². The van der Waals surface area contributed by atoms with Crippen LogP contribution < -0.4 is 16.0 Å². The number of rotatable bonds is 6. The normalized spacial score (nSPS) is 11.1. The van der Waals surface area contributed by atoms with Crippen LogP contribution in [0.2, 0.25) is 0 Å². The summed E-state index contributed by atoms with van der Waals surface area (Å²) in [6.45, 7) is -0.247. The Balaban J connectivity index is 1.80. The molecule has 0 unspecified atom stereocenters. The van der Waals surface area contributed by atoms with Crippen LogP contribution in [0.5, 0.6) is 0 Å². The maximum atomic E-state index is 14.0. The molecule has 2 aromatic carbocycles. The third-order valence-electron chi connectivity index (χ3n) is 4.57. The standard InChI is InChI=1S/C22H19F4N5O3/c1-12-8-18(15(10-16(12)23)20(33)27-11-22(24,25)26)29-19(32)13-4-3-5-14(9-13)28-21(34)17-6-7-31(2)30-17/h3-10H,11H2,1-2H3,(H,27,33)(H,28,34)(H,29,32). The molecule has 3 amide bonds. The maximum Gasteiger partial charge on any atom is 0.405 e. The molecule has 0 saturated carbocycles. The first-order valence-electron chi connectivity index (χ1n) is 9.80. The van der Waals surface area contributed by atoms with Gasteiger partial charge in [-0.15, -0.1) is 0 Å². The fourth-order valence-corrected chi connectivity index (χ4v) is 2.91. The van der Waals surface area contributed by atoms with E-state index in [1.54, 1.807) is 18.6 Å². The number of alkyl halides is 3. The van der Waals surface area contributed by atoms with E-state index in [2.05, 4.69) is 15.7 Å². The number of carbonyl (C=O) groups is 3. The van der Waals surface area contributed by atoms with Gasteiger partial charge in [-0.2, -0.15) is 18.3 Å². The SMILES string of the molecule is Cc1cc(NC(=O)c2cccc(NC(=O)c3ccn(C)n3)c2)c(C(=O)NCC(F)(F)F)cc1F. The van der Waals surface area contributed by atoms with Crippen LogP contribution in [0.1, 0.15) is 36.8 Å². The summed E-state index contributed by atoms with van der Waals surface area (Å²) in [4.78, 5) is 37.3. The molecule has 1 heterocycles. The number of anilines is 2. The third kappa shape index (κ3) is 6.18. The summed E-state index contributed by atoms with van der Waals surface area (Å²) in [5.74, 6) is -3.27. The fraction of sp³-hybridized carbons (Fsp3) is 0.182. The Bertz CT molecular complexity index is 1250. The molecule has 0 bridgehead atoms. The molecule has 3 aromatic rings. The topological polar surface area (TPSA) is 105 Å². The molecule has 0 aliphatic heterocycles. The van der Waals surface area contributed by atoms with Gasteiger partial charge in [0.05, 0.1) is 11.3 Å². The van der Waals surface area contributed by atoms with Gasteiger partial charge >= 0.3 is 6.18 Å². The number of amides is 3. The molecule has 0 atom stereocenters. The van der Waals surface area contributed by atoms with Crippen LogP contribution in [0.4, 0.5) is 28.9 Å². The smallest absolute Gasteiger partial charge is 0.343 e. The fourth-order valence-electron chi connectivity index (χ4n) is 2.91. The van der Waals surface area contributed by atoms with Gasteiger partial charge in [0.1, 0.15) is 12.4 Å². The van der Waals surface area contributed by atoms with E-state index in [1.165, 1.54) is 41.9 Å². The lowest BCUT2D eigenvalue weighted by molar-refractivity contribution is -0.123. The zero-order chi connectivity index (χ0) is 25.0. The van der Waals surface area contributed by atoms with E-state index in [-0.39, 0.29) is 28.2 Å². The van der Waals surface area contributed by atoms with Crippen molar-refractivity contribution in [1.29, 1.82) is 0 Å². The maximum absolute atomic E-state index is 14.0. The summed E-state index contributed by atoms with van der Waals surface area (Å²) in [6.07, 6.45) is -3.08. The number of benzene rings is 2. The van der Waals surface area contributed by atoms with Crippen LogP contribution in [-0.4, -0.2) is 40.2 Å². The highest BCUT2D eigenvalue weighted by Gasteiger charge is 2.29. The number of nitrogens with one attached hydrogen (secondary N) is 3. The first kappa shape index (κ1) is 24.4. The van der Waals surface area contributed by atoms with Crippen molar-refractivity contribution in [2.45, 2.75) is 13.1 Å². The second-order valence-corrected chi connectivity index (χ2v) is 7.31. The molecule has 0 aliphatic carbocycles. The van der Waals surface area contributed by atoms with Gasteiger partial charge in [0, 0.05) is 24.5 Å². The summed E-state index contributed by atoms with van der Waals surface area (Å²) in [6, 6.07) is 9.21. The van der Waals surface area contributed by atoms with E-state index in [4.69, 9.17) is 0 Å². The summed E-state index contributed by atoms with van der Waals surface area (Å²) in [5.41, 5.74) is -0.0660. The van der Waals surface area contributed by atoms with Crippen LogP contribution in [0, 0.1) is 12.7 Å². The molecule has 178 valence electrons. The van der Waals surface area contributed by atoms with Gasteiger partial charge in [0.25, 0.3) is 17.7 Å². The van der Waals surface area contributed by atoms with E-state index >= 15 is 0 Å². The van der Waals surface area contributed by atoms with Crippen LogP contribution in [0.3, 0.4) is 0 Å². The highest BCUT2D eigenvalue weighted by Crippen LogP contribution is 2.23. The Morgan fingerprint density at radius 3 is 2.38 bits per heavy atom. The Labute approximate surface area is 191 Å². The zero-order valence-corrected chi connectivity index (χ0v) is 18.0. The van der Waals surface area contributed by atoms with Gasteiger partial charge in [0.2, 0.25) is 0 Å². The van der Waals surface area contributed by atoms with Crippen molar-refractivity contribution < 1.29 is 31.9 Å². The lowest BCUT2D eigenvalue weighted by Crippen LogP contribution is -2.34. The number of carbonyl (C=O) groups excluding carboxylic acids is 3. The molecular weight excluding hydrogens is 458 g/mol. The lowest BCUT2D eigenvalue weighted by Gasteiger charge is -2.14. The first-order valence-corrected chi connectivity index (χ1v) is 9.80. The number of halogens is 4. The zero-order valence-electron chi connectivity index (χ0n) is 18.0. The van der Waals surface area contributed by atoms with Gasteiger partial charge in [-0.1, -0.05) is 6.07 Å². The van der Waals surface area contributed by atoms with E-state index < -0.39 is 41.8 Å². The second kappa shape index (κ2) is 9.73. The Hall–Kier alpha value is -4.22. The molecule has 3 N–H and O–H groups in total. The van der Waals surface area contributed by atoms with Gasteiger partial charge < -0.3 is 16.0 Å². The molecule has 0 aliphatic rings. The molecule has 0 saturated heterocycles. The number of hydrogen-bond donors (Lipinski definition) is 3.